The summed E-state index contributed by atoms with van der Waals surface area (Å²) in [4.78, 5) is 24.0. The fraction of sp³-hybridized carbons (Fsp3) is 0.200. The first kappa shape index (κ1) is 20.1. The van der Waals surface area contributed by atoms with Crippen molar-refractivity contribution in [1.29, 1.82) is 0 Å². The van der Waals surface area contributed by atoms with Crippen LogP contribution in [0.5, 0.6) is 5.75 Å². The van der Waals surface area contributed by atoms with Crippen LogP contribution in [0.25, 0.3) is 6.08 Å². The number of nitrogens with one attached hydrogen (secondary N) is 1. The average Bonchev–Trinajstić information content (AvgIpc) is 2.62. The lowest BCUT2D eigenvalue weighted by Gasteiger charge is -2.15. The molecule has 142 valence electrons. The summed E-state index contributed by atoms with van der Waals surface area (Å²) in [6.07, 6.45) is 1.65. The van der Waals surface area contributed by atoms with Crippen LogP contribution in [0.3, 0.4) is 0 Å². The van der Waals surface area contributed by atoms with E-state index in [1.54, 1.807) is 12.1 Å². The minimum Gasteiger partial charge on any atom is -0.449 e. The lowest BCUT2D eigenvalue weighted by molar-refractivity contribution is -0.148. The average molecular weight is 375 g/mol. The SMILES string of the molecule is Cc1ccc(/C=C/C(=O)O[C@H](C)C(=O)Nc2ccccc2OC(F)F)cc1. The van der Waals surface area contributed by atoms with Gasteiger partial charge in [0.1, 0.15) is 5.75 Å². The van der Waals surface area contributed by atoms with Crippen LogP contribution in [0.2, 0.25) is 0 Å². The summed E-state index contributed by atoms with van der Waals surface area (Å²) in [6.45, 7) is 0.306. The van der Waals surface area contributed by atoms with E-state index in [0.717, 1.165) is 11.1 Å². The van der Waals surface area contributed by atoms with Crippen molar-refractivity contribution in [2.24, 2.45) is 0 Å². The molecule has 0 unspecified atom stereocenters. The van der Waals surface area contributed by atoms with Crippen LogP contribution in [0.4, 0.5) is 14.5 Å². The van der Waals surface area contributed by atoms with Gasteiger partial charge in [0.25, 0.3) is 5.91 Å². The van der Waals surface area contributed by atoms with Gasteiger partial charge in [-0.25, -0.2) is 4.79 Å². The molecule has 27 heavy (non-hydrogen) atoms. The van der Waals surface area contributed by atoms with Gasteiger partial charge in [0.2, 0.25) is 0 Å². The predicted octanol–water partition coefficient (Wildman–Crippen LogP) is 4.18. The number of carbonyl (C=O) groups excluding carboxylic acids is 2. The van der Waals surface area contributed by atoms with Crippen molar-refractivity contribution in [3.63, 3.8) is 0 Å². The summed E-state index contributed by atoms with van der Waals surface area (Å²) in [5, 5.41) is 2.40. The first-order chi connectivity index (χ1) is 12.8. The Morgan fingerprint density at radius 2 is 1.74 bits per heavy atom. The second-order valence-corrected chi connectivity index (χ2v) is 5.69. The third-order valence-electron chi connectivity index (χ3n) is 3.51. The summed E-state index contributed by atoms with van der Waals surface area (Å²) < 4.78 is 34.2. The van der Waals surface area contributed by atoms with Gasteiger partial charge >= 0.3 is 12.6 Å². The van der Waals surface area contributed by atoms with Crippen LogP contribution in [0, 0.1) is 6.92 Å². The number of benzene rings is 2. The van der Waals surface area contributed by atoms with E-state index in [9.17, 15) is 18.4 Å². The molecule has 0 radical (unpaired) electrons. The second-order valence-electron chi connectivity index (χ2n) is 5.69. The molecule has 0 aromatic heterocycles. The van der Waals surface area contributed by atoms with E-state index in [2.05, 4.69) is 10.1 Å². The summed E-state index contributed by atoms with van der Waals surface area (Å²) >= 11 is 0. The Morgan fingerprint density at radius 3 is 2.41 bits per heavy atom. The van der Waals surface area contributed by atoms with Gasteiger partial charge in [0, 0.05) is 6.08 Å². The minimum atomic E-state index is -3.02. The molecule has 2 aromatic rings. The van der Waals surface area contributed by atoms with Crippen LogP contribution in [-0.2, 0) is 14.3 Å². The van der Waals surface area contributed by atoms with Gasteiger partial charge in [0.15, 0.2) is 6.10 Å². The molecule has 2 rings (SSSR count). The molecular weight excluding hydrogens is 356 g/mol. The van der Waals surface area contributed by atoms with E-state index in [-0.39, 0.29) is 11.4 Å². The Kier molecular flexibility index (Phi) is 7.05. The lowest BCUT2D eigenvalue weighted by Crippen LogP contribution is -2.29. The molecular formula is C20H19F2NO4. The zero-order valence-corrected chi connectivity index (χ0v) is 14.8. The molecule has 5 nitrogen and oxygen atoms in total. The van der Waals surface area contributed by atoms with Crippen molar-refractivity contribution in [2.45, 2.75) is 26.6 Å². The molecule has 1 amide bonds. The van der Waals surface area contributed by atoms with Crippen molar-refractivity contribution in [3.8, 4) is 5.75 Å². The molecule has 0 heterocycles. The van der Waals surface area contributed by atoms with E-state index >= 15 is 0 Å². The van der Waals surface area contributed by atoms with E-state index in [0.29, 0.717) is 0 Å². The molecule has 0 spiro atoms. The Morgan fingerprint density at radius 1 is 1.07 bits per heavy atom. The number of hydrogen-bond donors (Lipinski definition) is 1. The van der Waals surface area contributed by atoms with Crippen molar-refractivity contribution >= 4 is 23.6 Å². The highest BCUT2D eigenvalue weighted by Crippen LogP contribution is 2.25. The van der Waals surface area contributed by atoms with E-state index in [1.807, 2.05) is 31.2 Å². The van der Waals surface area contributed by atoms with E-state index in [4.69, 9.17) is 4.74 Å². The molecule has 2 aromatic carbocycles. The maximum absolute atomic E-state index is 12.4. The summed E-state index contributed by atoms with van der Waals surface area (Å²) in [6, 6.07) is 13.2. The third kappa shape index (κ3) is 6.54. The number of alkyl halides is 2. The van der Waals surface area contributed by atoms with Gasteiger partial charge in [-0.3, -0.25) is 4.79 Å². The Bertz CT molecular complexity index is 819. The van der Waals surface area contributed by atoms with Gasteiger partial charge in [0.05, 0.1) is 5.69 Å². The van der Waals surface area contributed by atoms with Crippen LogP contribution >= 0.6 is 0 Å². The summed E-state index contributed by atoms with van der Waals surface area (Å²) in [5.74, 6) is -1.55. The Balaban J connectivity index is 1.93. The highest BCUT2D eigenvalue weighted by molar-refractivity contribution is 5.97. The summed E-state index contributed by atoms with van der Waals surface area (Å²) in [7, 11) is 0. The van der Waals surface area contributed by atoms with Gasteiger partial charge in [-0.05, 0) is 37.6 Å². The highest BCUT2D eigenvalue weighted by atomic mass is 19.3. The molecule has 0 saturated carbocycles. The quantitative estimate of drug-likeness (QED) is 0.582. The van der Waals surface area contributed by atoms with Crippen LogP contribution in [0.1, 0.15) is 18.1 Å². The highest BCUT2D eigenvalue weighted by Gasteiger charge is 2.19. The molecule has 1 atom stereocenters. The smallest absolute Gasteiger partial charge is 0.387 e. The molecule has 1 N–H and O–H groups in total. The zero-order chi connectivity index (χ0) is 19.8. The second kappa shape index (κ2) is 9.47. The third-order valence-corrected chi connectivity index (χ3v) is 3.51. The first-order valence-corrected chi connectivity index (χ1v) is 8.15. The number of anilines is 1. The van der Waals surface area contributed by atoms with Crippen molar-refractivity contribution in [3.05, 3.63) is 65.7 Å². The maximum atomic E-state index is 12.4. The molecule has 0 aliphatic carbocycles. The molecule has 0 aliphatic heterocycles. The molecule has 0 bridgehead atoms. The van der Waals surface area contributed by atoms with Crippen LogP contribution in [0.15, 0.2) is 54.6 Å². The Hall–Kier alpha value is -3.22. The monoisotopic (exact) mass is 375 g/mol. The lowest BCUT2D eigenvalue weighted by atomic mass is 10.1. The fourth-order valence-electron chi connectivity index (χ4n) is 2.11. The number of para-hydroxylation sites is 2. The van der Waals surface area contributed by atoms with Crippen molar-refractivity contribution in [1.82, 2.24) is 0 Å². The standard InChI is InChI=1S/C20H19F2NO4/c1-13-7-9-15(10-8-13)11-12-18(24)26-14(2)19(25)23-16-5-3-4-6-17(16)27-20(21)22/h3-12,14,20H,1-2H3,(H,23,25)/b12-11+/t14-/m1/s1. The number of rotatable bonds is 7. The van der Waals surface area contributed by atoms with Gasteiger partial charge in [-0.15, -0.1) is 0 Å². The largest absolute Gasteiger partial charge is 0.449 e. The van der Waals surface area contributed by atoms with Crippen LogP contribution in [-0.4, -0.2) is 24.6 Å². The van der Waals surface area contributed by atoms with Crippen molar-refractivity contribution in [2.75, 3.05) is 5.32 Å². The predicted molar refractivity (Wildman–Crippen MR) is 97.5 cm³/mol. The number of hydrogen-bond acceptors (Lipinski definition) is 4. The number of esters is 1. The summed E-state index contributed by atoms with van der Waals surface area (Å²) in [5.41, 5.74) is 1.96. The molecule has 0 saturated heterocycles. The normalized spacial score (nSPS) is 12.0. The maximum Gasteiger partial charge on any atom is 0.387 e. The van der Waals surface area contributed by atoms with E-state index in [1.165, 1.54) is 31.2 Å². The first-order valence-electron chi connectivity index (χ1n) is 8.15. The number of amides is 1. The van der Waals surface area contributed by atoms with Gasteiger partial charge in [-0.2, -0.15) is 8.78 Å². The number of carbonyl (C=O) groups is 2. The Labute approximate surface area is 155 Å². The van der Waals surface area contributed by atoms with E-state index < -0.39 is 24.6 Å². The van der Waals surface area contributed by atoms with Gasteiger partial charge in [-0.1, -0.05) is 42.0 Å². The van der Waals surface area contributed by atoms with Gasteiger partial charge < -0.3 is 14.8 Å². The zero-order valence-electron chi connectivity index (χ0n) is 14.8. The minimum absolute atomic E-state index is 0.0564. The number of aryl methyl sites for hydroxylation is 1. The fourth-order valence-corrected chi connectivity index (χ4v) is 2.11. The topological polar surface area (TPSA) is 64.6 Å². The number of halogens is 2. The molecule has 0 aliphatic rings. The molecule has 0 fully saturated rings. The molecule has 7 heteroatoms. The van der Waals surface area contributed by atoms with Crippen molar-refractivity contribution < 1.29 is 27.8 Å². The van der Waals surface area contributed by atoms with Crippen LogP contribution < -0.4 is 10.1 Å². The number of ether oxygens (including phenoxy) is 2.